The number of hydrogen-bond donors (Lipinski definition) is 1. The van der Waals surface area contributed by atoms with E-state index < -0.39 is 0 Å². The molecule has 0 spiro atoms. The third kappa shape index (κ3) is 6.65. The highest BCUT2D eigenvalue weighted by Crippen LogP contribution is 2.13. The van der Waals surface area contributed by atoms with Gasteiger partial charge in [-0.1, -0.05) is 12.1 Å². The average molecular weight is 249 g/mol. The summed E-state index contributed by atoms with van der Waals surface area (Å²) in [5, 5.41) is 3.51. The van der Waals surface area contributed by atoms with Crippen molar-refractivity contribution in [3.8, 4) is 5.75 Å². The fourth-order valence-corrected chi connectivity index (χ4v) is 1.84. The molecule has 0 aromatic heterocycles. The molecule has 1 N–H and O–H groups in total. The van der Waals surface area contributed by atoms with Crippen molar-refractivity contribution in [2.75, 3.05) is 13.2 Å². The molecule has 1 aromatic rings. The minimum Gasteiger partial charge on any atom is -0.494 e. The summed E-state index contributed by atoms with van der Waals surface area (Å²) in [5.74, 6) is 0.968. The second kappa shape index (κ2) is 7.42. The van der Waals surface area contributed by atoms with Gasteiger partial charge in [0.2, 0.25) is 0 Å². The summed E-state index contributed by atoms with van der Waals surface area (Å²) < 4.78 is 5.43. The Labute approximate surface area is 112 Å². The molecule has 0 aliphatic carbocycles. The van der Waals surface area contributed by atoms with E-state index in [1.165, 1.54) is 18.4 Å². The minimum absolute atomic E-state index is 0.235. The molecular weight excluding hydrogens is 222 g/mol. The van der Waals surface area contributed by atoms with Crippen LogP contribution in [0.3, 0.4) is 0 Å². The van der Waals surface area contributed by atoms with Crippen LogP contribution in [-0.4, -0.2) is 18.7 Å². The lowest BCUT2D eigenvalue weighted by Gasteiger charge is -2.20. The van der Waals surface area contributed by atoms with Gasteiger partial charge in [-0.05, 0) is 71.2 Å². The molecule has 18 heavy (non-hydrogen) atoms. The summed E-state index contributed by atoms with van der Waals surface area (Å²) in [6.07, 6.45) is 3.61. The Hall–Kier alpha value is -1.02. The van der Waals surface area contributed by atoms with E-state index in [4.69, 9.17) is 4.74 Å². The molecule has 0 aliphatic heterocycles. The van der Waals surface area contributed by atoms with Crippen LogP contribution in [0.25, 0.3) is 0 Å². The Morgan fingerprint density at radius 3 is 2.28 bits per heavy atom. The fourth-order valence-electron chi connectivity index (χ4n) is 1.84. The fraction of sp³-hybridized carbons (Fsp3) is 0.625. The number of aryl methyl sites for hydroxylation is 1. The van der Waals surface area contributed by atoms with Crippen molar-refractivity contribution in [2.45, 2.75) is 52.5 Å². The van der Waals surface area contributed by atoms with E-state index in [0.717, 1.165) is 25.3 Å². The van der Waals surface area contributed by atoms with Gasteiger partial charge in [0.25, 0.3) is 0 Å². The predicted molar refractivity (Wildman–Crippen MR) is 78.3 cm³/mol. The van der Waals surface area contributed by atoms with Gasteiger partial charge in [0, 0.05) is 5.54 Å². The lowest BCUT2D eigenvalue weighted by Crippen LogP contribution is -2.36. The zero-order valence-electron chi connectivity index (χ0n) is 12.3. The summed E-state index contributed by atoms with van der Waals surface area (Å²) in [6.45, 7) is 10.5. The molecule has 0 atom stereocenters. The van der Waals surface area contributed by atoms with E-state index in [0.29, 0.717) is 0 Å². The number of hydrogen-bond acceptors (Lipinski definition) is 2. The van der Waals surface area contributed by atoms with Gasteiger partial charge in [-0.25, -0.2) is 0 Å². The molecule has 0 saturated heterocycles. The maximum Gasteiger partial charge on any atom is 0.119 e. The van der Waals surface area contributed by atoms with Gasteiger partial charge >= 0.3 is 0 Å². The van der Waals surface area contributed by atoms with Crippen LogP contribution in [0.15, 0.2) is 24.3 Å². The third-order valence-electron chi connectivity index (χ3n) is 2.78. The monoisotopic (exact) mass is 249 g/mol. The average Bonchev–Trinajstić information content (AvgIpc) is 2.30. The van der Waals surface area contributed by atoms with E-state index >= 15 is 0 Å². The number of rotatable bonds is 7. The molecule has 0 aliphatic rings. The zero-order valence-corrected chi connectivity index (χ0v) is 12.3. The van der Waals surface area contributed by atoms with E-state index in [-0.39, 0.29) is 5.54 Å². The van der Waals surface area contributed by atoms with Crippen LogP contribution in [0, 0.1) is 0 Å². The van der Waals surface area contributed by atoms with Gasteiger partial charge in [-0.2, -0.15) is 0 Å². The highest BCUT2D eigenvalue weighted by atomic mass is 16.5. The third-order valence-corrected chi connectivity index (χ3v) is 2.78. The molecule has 0 radical (unpaired) electrons. The molecule has 1 aromatic carbocycles. The van der Waals surface area contributed by atoms with Gasteiger partial charge in [0.1, 0.15) is 5.75 Å². The van der Waals surface area contributed by atoms with Gasteiger partial charge < -0.3 is 10.1 Å². The highest BCUT2D eigenvalue weighted by Gasteiger charge is 2.06. The van der Waals surface area contributed by atoms with Crippen LogP contribution < -0.4 is 10.1 Å². The van der Waals surface area contributed by atoms with Crippen molar-refractivity contribution in [3.05, 3.63) is 29.8 Å². The van der Waals surface area contributed by atoms with Crippen LogP contribution in [0.5, 0.6) is 5.75 Å². The molecule has 0 heterocycles. The molecule has 0 amide bonds. The molecule has 0 fully saturated rings. The maximum absolute atomic E-state index is 5.43. The zero-order chi connectivity index (χ0) is 13.4. The molecule has 0 unspecified atom stereocenters. The second-order valence-corrected chi connectivity index (χ2v) is 5.71. The van der Waals surface area contributed by atoms with E-state index in [1.54, 1.807) is 0 Å². The van der Waals surface area contributed by atoms with E-state index in [1.807, 2.05) is 6.92 Å². The van der Waals surface area contributed by atoms with Crippen LogP contribution >= 0.6 is 0 Å². The molecule has 2 nitrogen and oxygen atoms in total. The first-order valence-corrected chi connectivity index (χ1v) is 6.98. The second-order valence-electron chi connectivity index (χ2n) is 5.71. The minimum atomic E-state index is 0.235. The largest absolute Gasteiger partial charge is 0.494 e. The molecule has 2 heteroatoms. The standard InChI is InChI=1S/C16H27NO/c1-5-18-15-11-9-14(10-12-15)8-6-7-13-17-16(2,3)4/h9-12,17H,5-8,13H2,1-4H3. The Morgan fingerprint density at radius 2 is 1.72 bits per heavy atom. The number of nitrogens with one attached hydrogen (secondary N) is 1. The van der Waals surface area contributed by atoms with Gasteiger partial charge in [0.15, 0.2) is 0 Å². The summed E-state index contributed by atoms with van der Waals surface area (Å²) in [4.78, 5) is 0. The first kappa shape index (κ1) is 15.0. The Morgan fingerprint density at radius 1 is 1.06 bits per heavy atom. The van der Waals surface area contributed by atoms with Crippen molar-refractivity contribution < 1.29 is 4.74 Å². The molecule has 102 valence electrons. The van der Waals surface area contributed by atoms with Crippen LogP contribution in [0.2, 0.25) is 0 Å². The van der Waals surface area contributed by atoms with Crippen molar-refractivity contribution >= 4 is 0 Å². The van der Waals surface area contributed by atoms with Gasteiger partial charge in [0.05, 0.1) is 6.61 Å². The normalized spacial score (nSPS) is 11.6. The summed E-state index contributed by atoms with van der Waals surface area (Å²) in [5.41, 5.74) is 1.63. The van der Waals surface area contributed by atoms with Crippen molar-refractivity contribution in [1.82, 2.24) is 5.32 Å². The number of benzene rings is 1. The van der Waals surface area contributed by atoms with E-state index in [2.05, 4.69) is 50.4 Å². The van der Waals surface area contributed by atoms with Crippen LogP contribution in [0.1, 0.15) is 46.1 Å². The molecular formula is C16H27NO. The lowest BCUT2D eigenvalue weighted by atomic mass is 10.1. The number of unbranched alkanes of at least 4 members (excludes halogenated alkanes) is 1. The van der Waals surface area contributed by atoms with Crippen LogP contribution in [-0.2, 0) is 6.42 Å². The lowest BCUT2D eigenvalue weighted by molar-refractivity contribution is 0.340. The SMILES string of the molecule is CCOc1ccc(CCCCNC(C)(C)C)cc1. The van der Waals surface area contributed by atoms with Gasteiger partial charge in [-0.15, -0.1) is 0 Å². The maximum atomic E-state index is 5.43. The first-order valence-electron chi connectivity index (χ1n) is 6.98. The summed E-state index contributed by atoms with van der Waals surface area (Å²) >= 11 is 0. The van der Waals surface area contributed by atoms with Crippen LogP contribution in [0.4, 0.5) is 0 Å². The summed E-state index contributed by atoms with van der Waals surface area (Å²) in [6, 6.07) is 8.46. The molecule has 1 rings (SSSR count). The van der Waals surface area contributed by atoms with Gasteiger partial charge in [-0.3, -0.25) is 0 Å². The first-order chi connectivity index (χ1) is 8.51. The number of ether oxygens (including phenoxy) is 1. The summed E-state index contributed by atoms with van der Waals surface area (Å²) in [7, 11) is 0. The Bertz CT molecular complexity index is 324. The highest BCUT2D eigenvalue weighted by molar-refractivity contribution is 5.27. The molecule has 0 saturated carbocycles. The van der Waals surface area contributed by atoms with Crippen molar-refractivity contribution in [1.29, 1.82) is 0 Å². The Kier molecular flexibility index (Phi) is 6.20. The smallest absolute Gasteiger partial charge is 0.119 e. The predicted octanol–water partition coefficient (Wildman–Crippen LogP) is 3.80. The van der Waals surface area contributed by atoms with E-state index in [9.17, 15) is 0 Å². The van der Waals surface area contributed by atoms with Crippen molar-refractivity contribution in [3.63, 3.8) is 0 Å². The quantitative estimate of drug-likeness (QED) is 0.742. The topological polar surface area (TPSA) is 21.3 Å². The Balaban J connectivity index is 2.19. The van der Waals surface area contributed by atoms with Crippen molar-refractivity contribution in [2.24, 2.45) is 0 Å². The molecule has 0 bridgehead atoms.